The number of nitrogens with zero attached hydrogens (tertiary/aromatic N) is 1. The van der Waals surface area contributed by atoms with Crippen molar-refractivity contribution in [1.29, 1.82) is 0 Å². The van der Waals surface area contributed by atoms with Gasteiger partial charge in [-0.25, -0.2) is 0 Å². The summed E-state index contributed by atoms with van der Waals surface area (Å²) < 4.78 is 0. The zero-order chi connectivity index (χ0) is 11.8. The highest BCUT2D eigenvalue weighted by atomic mass is 35.5. The largest absolute Gasteiger partial charge is 0.339 e. The number of halogens is 1. The molecule has 3 rings (SSSR count). The molecule has 2 N–H and O–H groups in total. The predicted molar refractivity (Wildman–Crippen MR) is 74.6 cm³/mol. The molecule has 0 aromatic heterocycles. The van der Waals surface area contributed by atoms with Crippen LogP contribution in [-0.4, -0.2) is 29.9 Å². The fourth-order valence-corrected chi connectivity index (χ4v) is 4.16. The number of piperidine rings is 1. The molecule has 18 heavy (non-hydrogen) atoms. The SMILES string of the molecule is Cl.NCCC1CCCCN1C(=O)C1C2CCCC21. The Labute approximate surface area is 116 Å². The Balaban J connectivity index is 0.00000120. The number of amides is 1. The van der Waals surface area contributed by atoms with Crippen LogP contribution in [0, 0.1) is 17.8 Å². The highest BCUT2D eigenvalue weighted by molar-refractivity contribution is 5.85. The summed E-state index contributed by atoms with van der Waals surface area (Å²) in [5.41, 5.74) is 5.67. The Morgan fingerprint density at radius 3 is 2.50 bits per heavy atom. The number of carbonyl (C=O) groups is 1. The lowest BCUT2D eigenvalue weighted by molar-refractivity contribution is -0.137. The summed E-state index contributed by atoms with van der Waals surface area (Å²) in [6.45, 7) is 1.70. The molecule has 1 saturated heterocycles. The topological polar surface area (TPSA) is 46.3 Å². The maximum absolute atomic E-state index is 12.5. The molecule has 0 bridgehead atoms. The first-order chi connectivity index (χ1) is 8.33. The number of fused-ring (bicyclic) bond motifs is 1. The monoisotopic (exact) mass is 272 g/mol. The highest BCUT2D eigenvalue weighted by Crippen LogP contribution is 2.58. The zero-order valence-electron chi connectivity index (χ0n) is 11.0. The van der Waals surface area contributed by atoms with Crippen LogP contribution in [0.5, 0.6) is 0 Å². The molecule has 3 fully saturated rings. The van der Waals surface area contributed by atoms with Crippen molar-refractivity contribution in [2.24, 2.45) is 23.5 Å². The summed E-state index contributed by atoms with van der Waals surface area (Å²) in [6.07, 6.45) is 8.58. The molecule has 2 saturated carbocycles. The van der Waals surface area contributed by atoms with Crippen LogP contribution in [-0.2, 0) is 4.79 Å². The summed E-state index contributed by atoms with van der Waals surface area (Å²) in [5.74, 6) is 2.38. The zero-order valence-corrected chi connectivity index (χ0v) is 11.8. The van der Waals surface area contributed by atoms with Gasteiger partial charge in [-0.3, -0.25) is 4.79 Å². The minimum absolute atomic E-state index is 0. The normalized spacial score (nSPS) is 37.9. The van der Waals surface area contributed by atoms with Crippen LogP contribution in [0.2, 0.25) is 0 Å². The van der Waals surface area contributed by atoms with E-state index in [1.54, 1.807) is 0 Å². The number of hydrogen-bond acceptors (Lipinski definition) is 2. The summed E-state index contributed by atoms with van der Waals surface area (Å²) in [7, 11) is 0. The van der Waals surface area contributed by atoms with E-state index in [1.165, 1.54) is 38.5 Å². The van der Waals surface area contributed by atoms with E-state index in [0.717, 1.165) is 24.8 Å². The van der Waals surface area contributed by atoms with Crippen LogP contribution in [0.1, 0.15) is 44.9 Å². The Morgan fingerprint density at radius 2 is 1.83 bits per heavy atom. The Kier molecular flexibility index (Phi) is 4.54. The molecule has 3 nitrogen and oxygen atoms in total. The highest BCUT2D eigenvalue weighted by Gasteiger charge is 2.57. The van der Waals surface area contributed by atoms with E-state index in [0.29, 0.717) is 24.4 Å². The van der Waals surface area contributed by atoms with Crippen LogP contribution in [0.3, 0.4) is 0 Å². The van der Waals surface area contributed by atoms with E-state index in [4.69, 9.17) is 5.73 Å². The fraction of sp³-hybridized carbons (Fsp3) is 0.929. The molecule has 0 aromatic carbocycles. The molecule has 3 aliphatic rings. The summed E-state index contributed by atoms with van der Waals surface area (Å²) >= 11 is 0. The van der Waals surface area contributed by atoms with Gasteiger partial charge in [-0.1, -0.05) is 6.42 Å². The minimum Gasteiger partial charge on any atom is -0.339 e. The predicted octanol–water partition coefficient (Wildman–Crippen LogP) is 2.18. The number of carbonyl (C=O) groups excluding carboxylic acids is 1. The van der Waals surface area contributed by atoms with Gasteiger partial charge in [-0.15, -0.1) is 12.4 Å². The minimum atomic E-state index is 0. The maximum atomic E-state index is 12.5. The van der Waals surface area contributed by atoms with Crippen LogP contribution in [0.15, 0.2) is 0 Å². The Bertz CT molecular complexity index is 298. The molecule has 3 atom stereocenters. The van der Waals surface area contributed by atoms with E-state index in [1.807, 2.05) is 0 Å². The second-order valence-electron chi connectivity index (χ2n) is 6.04. The van der Waals surface area contributed by atoms with Gasteiger partial charge in [0.25, 0.3) is 0 Å². The van der Waals surface area contributed by atoms with E-state index >= 15 is 0 Å². The van der Waals surface area contributed by atoms with Gasteiger partial charge in [0.2, 0.25) is 5.91 Å². The standard InChI is InChI=1S/C14H24N2O.ClH/c15-8-7-10-4-1-2-9-16(10)14(17)13-11-5-3-6-12(11)13;/h10-13H,1-9,15H2;1H. The molecule has 3 unspecified atom stereocenters. The third kappa shape index (κ3) is 2.39. The second-order valence-corrected chi connectivity index (χ2v) is 6.04. The molecule has 104 valence electrons. The van der Waals surface area contributed by atoms with E-state index in [2.05, 4.69) is 4.90 Å². The van der Waals surface area contributed by atoms with Crippen molar-refractivity contribution < 1.29 is 4.79 Å². The lowest BCUT2D eigenvalue weighted by Crippen LogP contribution is -2.45. The van der Waals surface area contributed by atoms with Gasteiger partial charge in [-0.2, -0.15) is 0 Å². The summed E-state index contributed by atoms with van der Waals surface area (Å²) in [4.78, 5) is 14.7. The first-order valence-corrected chi connectivity index (χ1v) is 7.33. The molecule has 0 radical (unpaired) electrons. The average Bonchev–Trinajstić information content (AvgIpc) is 2.82. The van der Waals surface area contributed by atoms with Gasteiger partial charge in [0.15, 0.2) is 0 Å². The molecule has 0 spiro atoms. The molecule has 0 aromatic rings. The molecule has 1 amide bonds. The Hall–Kier alpha value is -0.280. The molecule has 1 heterocycles. The summed E-state index contributed by atoms with van der Waals surface area (Å²) in [6, 6.07) is 0.447. The van der Waals surface area contributed by atoms with E-state index < -0.39 is 0 Å². The number of rotatable bonds is 3. The van der Waals surface area contributed by atoms with Gasteiger partial charge >= 0.3 is 0 Å². The van der Waals surface area contributed by atoms with Crippen LogP contribution >= 0.6 is 12.4 Å². The van der Waals surface area contributed by atoms with Gasteiger partial charge in [-0.05, 0) is 56.9 Å². The quantitative estimate of drug-likeness (QED) is 0.856. The van der Waals surface area contributed by atoms with Crippen molar-refractivity contribution in [2.75, 3.05) is 13.1 Å². The molecular weight excluding hydrogens is 248 g/mol. The molecule has 2 aliphatic carbocycles. The lowest BCUT2D eigenvalue weighted by Gasteiger charge is -2.36. The summed E-state index contributed by atoms with van der Waals surface area (Å²) in [5, 5.41) is 0. The fourth-order valence-electron chi connectivity index (χ4n) is 4.16. The maximum Gasteiger partial charge on any atom is 0.226 e. The third-order valence-corrected chi connectivity index (χ3v) is 5.10. The molecular formula is C14H25ClN2O. The van der Waals surface area contributed by atoms with E-state index in [-0.39, 0.29) is 12.4 Å². The smallest absolute Gasteiger partial charge is 0.226 e. The van der Waals surface area contributed by atoms with Crippen molar-refractivity contribution >= 4 is 18.3 Å². The van der Waals surface area contributed by atoms with Gasteiger partial charge in [0.1, 0.15) is 0 Å². The van der Waals surface area contributed by atoms with Crippen molar-refractivity contribution in [3.05, 3.63) is 0 Å². The van der Waals surface area contributed by atoms with Gasteiger partial charge < -0.3 is 10.6 Å². The van der Waals surface area contributed by atoms with Gasteiger partial charge in [0, 0.05) is 18.5 Å². The third-order valence-electron chi connectivity index (χ3n) is 5.10. The van der Waals surface area contributed by atoms with Crippen LogP contribution in [0.4, 0.5) is 0 Å². The number of likely N-dealkylation sites (tertiary alicyclic amines) is 1. The molecule has 1 aliphatic heterocycles. The van der Waals surface area contributed by atoms with E-state index in [9.17, 15) is 4.79 Å². The van der Waals surface area contributed by atoms with Crippen molar-refractivity contribution in [2.45, 2.75) is 51.0 Å². The van der Waals surface area contributed by atoms with Gasteiger partial charge in [0.05, 0.1) is 0 Å². The average molecular weight is 273 g/mol. The number of nitrogens with two attached hydrogens (primary N) is 1. The van der Waals surface area contributed by atoms with Crippen molar-refractivity contribution in [3.8, 4) is 0 Å². The first kappa shape index (κ1) is 14.1. The number of hydrogen-bond donors (Lipinski definition) is 1. The lowest BCUT2D eigenvalue weighted by atomic mass is 9.98. The van der Waals surface area contributed by atoms with Crippen LogP contribution in [0.25, 0.3) is 0 Å². The Morgan fingerprint density at radius 1 is 1.11 bits per heavy atom. The van der Waals surface area contributed by atoms with Crippen molar-refractivity contribution in [1.82, 2.24) is 4.90 Å². The van der Waals surface area contributed by atoms with Crippen LogP contribution < -0.4 is 5.73 Å². The first-order valence-electron chi connectivity index (χ1n) is 7.33. The second kappa shape index (κ2) is 5.79. The van der Waals surface area contributed by atoms with Crippen molar-refractivity contribution in [3.63, 3.8) is 0 Å². The molecule has 4 heteroatoms.